The molecule has 0 radical (unpaired) electrons. The first-order chi connectivity index (χ1) is 8.83. The molecule has 1 aliphatic rings. The maximum atomic E-state index is 11.6. The van der Waals surface area contributed by atoms with E-state index in [0.717, 1.165) is 23.6 Å². The normalized spacial score (nSPS) is 14.4. The van der Waals surface area contributed by atoms with Crippen LogP contribution in [0.1, 0.15) is 12.8 Å². The van der Waals surface area contributed by atoms with E-state index in [4.69, 9.17) is 0 Å². The van der Waals surface area contributed by atoms with Crippen LogP contribution in [-0.2, 0) is 4.79 Å². The monoisotopic (exact) mass is 242 g/mol. The molecule has 92 valence electrons. The summed E-state index contributed by atoms with van der Waals surface area (Å²) < 4.78 is 0. The van der Waals surface area contributed by atoms with Crippen molar-refractivity contribution in [2.24, 2.45) is 0 Å². The van der Waals surface area contributed by atoms with Crippen molar-refractivity contribution < 1.29 is 4.79 Å². The lowest BCUT2D eigenvalue weighted by atomic mass is 10.2. The lowest BCUT2D eigenvalue weighted by molar-refractivity contribution is -0.119. The van der Waals surface area contributed by atoms with Gasteiger partial charge in [0.25, 0.3) is 0 Å². The third-order valence-corrected chi connectivity index (χ3v) is 2.93. The summed E-state index contributed by atoms with van der Waals surface area (Å²) in [6.07, 6.45) is 3.91. The van der Waals surface area contributed by atoms with Crippen LogP contribution in [-0.4, -0.2) is 28.7 Å². The van der Waals surface area contributed by atoms with Crippen LogP contribution in [0.2, 0.25) is 0 Å². The molecule has 1 amide bonds. The third-order valence-electron chi connectivity index (χ3n) is 2.93. The Hall–Kier alpha value is -2.17. The fourth-order valence-corrected chi connectivity index (χ4v) is 1.83. The molecule has 0 unspecified atom stereocenters. The highest BCUT2D eigenvalue weighted by atomic mass is 16.2. The first-order valence-electron chi connectivity index (χ1n) is 6.06. The molecule has 1 saturated carbocycles. The standard InChI is InChI=1S/C13H14N4O/c18-12(16-10-5-6-10)8-14-13-11-4-2-1-3-9(11)7-15-17-13/h1-4,7,10H,5-6,8H2,(H,14,17)(H,16,18). The van der Waals surface area contributed by atoms with Crippen LogP contribution in [0.5, 0.6) is 0 Å². The van der Waals surface area contributed by atoms with Crippen molar-refractivity contribution in [1.29, 1.82) is 0 Å². The maximum absolute atomic E-state index is 11.6. The van der Waals surface area contributed by atoms with Crippen molar-refractivity contribution in [2.75, 3.05) is 11.9 Å². The van der Waals surface area contributed by atoms with Crippen LogP contribution in [0.15, 0.2) is 30.5 Å². The van der Waals surface area contributed by atoms with Gasteiger partial charge in [0, 0.05) is 16.8 Å². The number of amides is 1. The number of fused-ring (bicyclic) bond motifs is 1. The van der Waals surface area contributed by atoms with Crippen LogP contribution >= 0.6 is 0 Å². The summed E-state index contributed by atoms with van der Waals surface area (Å²) in [5.74, 6) is 0.659. The minimum absolute atomic E-state index is 0.00670. The van der Waals surface area contributed by atoms with Gasteiger partial charge in [0.05, 0.1) is 12.7 Å². The second kappa shape index (κ2) is 4.60. The van der Waals surface area contributed by atoms with Gasteiger partial charge < -0.3 is 10.6 Å². The average Bonchev–Trinajstić information content (AvgIpc) is 3.20. The van der Waals surface area contributed by atoms with Crippen molar-refractivity contribution in [1.82, 2.24) is 15.5 Å². The largest absolute Gasteiger partial charge is 0.359 e. The van der Waals surface area contributed by atoms with Crippen molar-refractivity contribution in [3.63, 3.8) is 0 Å². The number of carbonyl (C=O) groups is 1. The summed E-state index contributed by atoms with van der Waals surface area (Å²) in [6, 6.07) is 8.22. The van der Waals surface area contributed by atoms with E-state index in [1.807, 2.05) is 24.3 Å². The molecule has 5 heteroatoms. The molecule has 0 bridgehead atoms. The first kappa shape index (κ1) is 11.0. The second-order valence-electron chi connectivity index (χ2n) is 4.48. The summed E-state index contributed by atoms with van der Waals surface area (Å²) in [5, 5.41) is 15.9. The number of anilines is 1. The van der Waals surface area contributed by atoms with Crippen LogP contribution in [0.25, 0.3) is 10.8 Å². The summed E-state index contributed by atoms with van der Waals surface area (Å²) >= 11 is 0. The molecule has 1 fully saturated rings. The highest BCUT2D eigenvalue weighted by molar-refractivity contribution is 5.92. The molecule has 18 heavy (non-hydrogen) atoms. The summed E-state index contributed by atoms with van der Waals surface area (Å²) in [4.78, 5) is 11.6. The number of rotatable bonds is 4. The Labute approximate surface area is 105 Å². The zero-order valence-electron chi connectivity index (χ0n) is 9.89. The summed E-state index contributed by atoms with van der Waals surface area (Å²) in [6.45, 7) is 0.235. The number of aromatic nitrogens is 2. The predicted octanol–water partition coefficient (Wildman–Crippen LogP) is 1.32. The molecule has 0 spiro atoms. The predicted molar refractivity (Wildman–Crippen MR) is 69.2 cm³/mol. The van der Waals surface area contributed by atoms with Gasteiger partial charge in [-0.2, -0.15) is 5.10 Å². The molecule has 3 rings (SSSR count). The molecule has 2 aromatic rings. The lowest BCUT2D eigenvalue weighted by Crippen LogP contribution is -2.31. The maximum Gasteiger partial charge on any atom is 0.239 e. The molecule has 0 saturated heterocycles. The zero-order valence-corrected chi connectivity index (χ0v) is 9.89. The van der Waals surface area contributed by atoms with Gasteiger partial charge in [-0.25, -0.2) is 0 Å². The number of benzene rings is 1. The van der Waals surface area contributed by atoms with Crippen molar-refractivity contribution in [3.05, 3.63) is 30.5 Å². The molecule has 0 aliphatic heterocycles. The number of nitrogens with one attached hydrogen (secondary N) is 2. The van der Waals surface area contributed by atoms with E-state index >= 15 is 0 Å². The highest BCUT2D eigenvalue weighted by Crippen LogP contribution is 2.20. The van der Waals surface area contributed by atoms with Crippen LogP contribution in [0.3, 0.4) is 0 Å². The highest BCUT2D eigenvalue weighted by Gasteiger charge is 2.22. The molecular formula is C13H14N4O. The van der Waals surface area contributed by atoms with Crippen molar-refractivity contribution in [3.8, 4) is 0 Å². The fourth-order valence-electron chi connectivity index (χ4n) is 1.83. The number of hydrogen-bond acceptors (Lipinski definition) is 4. The molecule has 0 atom stereocenters. The average molecular weight is 242 g/mol. The number of carbonyl (C=O) groups excluding carboxylic acids is 1. The fraction of sp³-hybridized carbons (Fsp3) is 0.308. The molecular weight excluding hydrogens is 228 g/mol. The Morgan fingerprint density at radius 2 is 2.17 bits per heavy atom. The molecule has 2 N–H and O–H groups in total. The first-order valence-corrected chi connectivity index (χ1v) is 6.06. The quantitative estimate of drug-likeness (QED) is 0.848. The Kier molecular flexibility index (Phi) is 2.80. The molecule has 1 heterocycles. The zero-order chi connectivity index (χ0) is 12.4. The van der Waals surface area contributed by atoms with Crippen LogP contribution in [0.4, 0.5) is 5.82 Å². The molecule has 5 nitrogen and oxygen atoms in total. The minimum Gasteiger partial charge on any atom is -0.359 e. The number of nitrogens with zero attached hydrogens (tertiary/aromatic N) is 2. The van der Waals surface area contributed by atoms with Gasteiger partial charge in [-0.15, -0.1) is 5.10 Å². The van der Waals surface area contributed by atoms with E-state index in [2.05, 4.69) is 20.8 Å². The van der Waals surface area contributed by atoms with Crippen LogP contribution in [0, 0.1) is 0 Å². The second-order valence-corrected chi connectivity index (χ2v) is 4.48. The molecule has 1 aliphatic carbocycles. The van der Waals surface area contributed by atoms with Gasteiger partial charge in [0.15, 0.2) is 5.82 Å². The molecule has 1 aromatic carbocycles. The smallest absolute Gasteiger partial charge is 0.239 e. The minimum atomic E-state index is 0.00670. The number of hydrogen-bond donors (Lipinski definition) is 2. The Balaban J connectivity index is 1.71. The third kappa shape index (κ3) is 2.40. The SMILES string of the molecule is O=C(CNc1nncc2ccccc12)NC1CC1. The van der Waals surface area contributed by atoms with Crippen molar-refractivity contribution >= 4 is 22.5 Å². The van der Waals surface area contributed by atoms with Gasteiger partial charge in [-0.05, 0) is 12.8 Å². The van der Waals surface area contributed by atoms with E-state index in [-0.39, 0.29) is 12.5 Å². The van der Waals surface area contributed by atoms with Gasteiger partial charge >= 0.3 is 0 Å². The van der Waals surface area contributed by atoms with E-state index < -0.39 is 0 Å². The Morgan fingerprint density at radius 3 is 3.00 bits per heavy atom. The summed E-state index contributed by atoms with van der Waals surface area (Å²) in [5.41, 5.74) is 0. The topological polar surface area (TPSA) is 66.9 Å². The van der Waals surface area contributed by atoms with E-state index in [1.165, 1.54) is 0 Å². The Morgan fingerprint density at radius 1 is 1.33 bits per heavy atom. The van der Waals surface area contributed by atoms with Crippen molar-refractivity contribution in [2.45, 2.75) is 18.9 Å². The van der Waals surface area contributed by atoms with Gasteiger partial charge in [0.1, 0.15) is 0 Å². The van der Waals surface area contributed by atoms with Crippen LogP contribution < -0.4 is 10.6 Å². The van der Waals surface area contributed by atoms with Gasteiger partial charge in [-0.3, -0.25) is 4.79 Å². The Bertz CT molecular complexity index is 575. The van der Waals surface area contributed by atoms with E-state index in [9.17, 15) is 4.79 Å². The lowest BCUT2D eigenvalue weighted by Gasteiger charge is -2.07. The molecule has 1 aromatic heterocycles. The van der Waals surface area contributed by atoms with E-state index in [1.54, 1.807) is 6.20 Å². The van der Waals surface area contributed by atoms with E-state index in [0.29, 0.717) is 11.9 Å². The van der Waals surface area contributed by atoms with Gasteiger partial charge in [-0.1, -0.05) is 24.3 Å². The summed E-state index contributed by atoms with van der Waals surface area (Å²) in [7, 11) is 0. The van der Waals surface area contributed by atoms with Gasteiger partial charge in [0.2, 0.25) is 5.91 Å².